The molecular formula is C18H19ClN4O. The summed E-state index contributed by atoms with van der Waals surface area (Å²) in [6.07, 6.45) is 0. The Morgan fingerprint density at radius 2 is 1.79 bits per heavy atom. The molecule has 1 aliphatic heterocycles. The number of fused-ring (bicyclic) bond motifs is 1. The van der Waals surface area contributed by atoms with E-state index in [0.717, 1.165) is 55.5 Å². The van der Waals surface area contributed by atoms with Crippen LogP contribution in [0.3, 0.4) is 0 Å². The van der Waals surface area contributed by atoms with E-state index in [-0.39, 0.29) is 0 Å². The van der Waals surface area contributed by atoms with Gasteiger partial charge in [0.1, 0.15) is 16.5 Å². The standard InChI is InChI=1S/C18H19ClN4O/c1-13-20-16-6-7-17(19)21-18(16)23(13)15-4-2-14(3-5-15)12-22-8-10-24-11-9-22/h2-7H,8-12H2,1H3. The zero-order valence-electron chi connectivity index (χ0n) is 13.6. The van der Waals surface area contributed by atoms with Crippen molar-refractivity contribution in [2.45, 2.75) is 13.5 Å². The molecule has 0 aliphatic carbocycles. The van der Waals surface area contributed by atoms with Crippen LogP contribution < -0.4 is 0 Å². The SMILES string of the molecule is Cc1nc2ccc(Cl)nc2n1-c1ccc(CN2CCOCC2)cc1. The third-order valence-corrected chi connectivity index (χ3v) is 4.55. The molecular weight excluding hydrogens is 324 g/mol. The molecule has 6 heteroatoms. The number of hydrogen-bond donors (Lipinski definition) is 0. The molecule has 0 spiro atoms. The van der Waals surface area contributed by atoms with Crippen LogP contribution in [0.5, 0.6) is 0 Å². The Balaban J connectivity index is 1.63. The molecule has 0 saturated carbocycles. The summed E-state index contributed by atoms with van der Waals surface area (Å²) in [5.41, 5.74) is 4.00. The summed E-state index contributed by atoms with van der Waals surface area (Å²) in [5, 5.41) is 0.479. The lowest BCUT2D eigenvalue weighted by Gasteiger charge is -2.26. The number of ether oxygens (including phenoxy) is 1. The molecule has 1 aromatic carbocycles. The van der Waals surface area contributed by atoms with Crippen molar-refractivity contribution in [1.29, 1.82) is 0 Å². The lowest BCUT2D eigenvalue weighted by Crippen LogP contribution is -2.35. The monoisotopic (exact) mass is 342 g/mol. The molecule has 0 bridgehead atoms. The van der Waals surface area contributed by atoms with Gasteiger partial charge in [-0.2, -0.15) is 0 Å². The van der Waals surface area contributed by atoms with Gasteiger partial charge in [-0.15, -0.1) is 0 Å². The van der Waals surface area contributed by atoms with Gasteiger partial charge in [0.15, 0.2) is 5.65 Å². The van der Waals surface area contributed by atoms with Gasteiger partial charge in [-0.1, -0.05) is 23.7 Å². The summed E-state index contributed by atoms with van der Waals surface area (Å²) in [4.78, 5) is 11.4. The van der Waals surface area contributed by atoms with E-state index in [2.05, 4.69) is 39.1 Å². The van der Waals surface area contributed by atoms with E-state index in [9.17, 15) is 0 Å². The highest BCUT2D eigenvalue weighted by atomic mass is 35.5. The second kappa shape index (κ2) is 6.51. The zero-order valence-corrected chi connectivity index (χ0v) is 14.3. The van der Waals surface area contributed by atoms with Gasteiger partial charge < -0.3 is 4.74 Å². The summed E-state index contributed by atoms with van der Waals surface area (Å²) < 4.78 is 7.44. The van der Waals surface area contributed by atoms with E-state index in [4.69, 9.17) is 16.3 Å². The minimum atomic E-state index is 0.479. The number of halogens is 1. The van der Waals surface area contributed by atoms with Crippen molar-refractivity contribution in [2.24, 2.45) is 0 Å². The molecule has 3 aromatic rings. The summed E-state index contributed by atoms with van der Waals surface area (Å²) in [6.45, 7) is 6.58. The molecule has 0 unspecified atom stereocenters. The highest BCUT2D eigenvalue weighted by molar-refractivity contribution is 6.29. The molecule has 3 heterocycles. The molecule has 0 N–H and O–H groups in total. The van der Waals surface area contributed by atoms with Gasteiger partial charge >= 0.3 is 0 Å². The molecule has 1 aliphatic rings. The van der Waals surface area contributed by atoms with E-state index < -0.39 is 0 Å². The number of aromatic nitrogens is 3. The quantitative estimate of drug-likeness (QED) is 0.685. The molecule has 1 saturated heterocycles. The van der Waals surface area contributed by atoms with Gasteiger partial charge in [0, 0.05) is 25.3 Å². The number of rotatable bonds is 3. The molecule has 24 heavy (non-hydrogen) atoms. The van der Waals surface area contributed by atoms with Crippen LogP contribution in [-0.4, -0.2) is 45.7 Å². The number of imidazole rings is 1. The van der Waals surface area contributed by atoms with Crippen LogP contribution in [0, 0.1) is 6.92 Å². The van der Waals surface area contributed by atoms with Crippen molar-refractivity contribution < 1.29 is 4.74 Å². The molecule has 1 fully saturated rings. The van der Waals surface area contributed by atoms with Crippen molar-refractivity contribution in [3.8, 4) is 5.69 Å². The first kappa shape index (κ1) is 15.6. The van der Waals surface area contributed by atoms with E-state index in [1.54, 1.807) is 6.07 Å². The van der Waals surface area contributed by atoms with Crippen molar-refractivity contribution >= 4 is 22.8 Å². The maximum atomic E-state index is 6.05. The first-order valence-electron chi connectivity index (χ1n) is 8.12. The van der Waals surface area contributed by atoms with Crippen LogP contribution in [0.2, 0.25) is 5.15 Å². The summed E-state index contributed by atoms with van der Waals surface area (Å²) in [7, 11) is 0. The number of morpholine rings is 1. The molecule has 5 nitrogen and oxygen atoms in total. The van der Waals surface area contributed by atoms with Gasteiger partial charge in [0.25, 0.3) is 0 Å². The van der Waals surface area contributed by atoms with Crippen molar-refractivity contribution in [2.75, 3.05) is 26.3 Å². The Bertz CT molecular complexity index is 853. The van der Waals surface area contributed by atoms with Crippen LogP contribution in [0.4, 0.5) is 0 Å². The molecule has 124 valence electrons. The van der Waals surface area contributed by atoms with E-state index >= 15 is 0 Å². The first-order chi connectivity index (χ1) is 11.7. The third-order valence-electron chi connectivity index (χ3n) is 4.34. The largest absolute Gasteiger partial charge is 0.379 e. The predicted molar refractivity (Wildman–Crippen MR) is 94.7 cm³/mol. The Morgan fingerprint density at radius 1 is 1.04 bits per heavy atom. The highest BCUT2D eigenvalue weighted by Gasteiger charge is 2.13. The lowest BCUT2D eigenvalue weighted by molar-refractivity contribution is 0.0342. The average molecular weight is 343 g/mol. The maximum absolute atomic E-state index is 6.05. The number of pyridine rings is 1. The predicted octanol–water partition coefficient (Wildman–Crippen LogP) is 3.21. The summed E-state index contributed by atoms with van der Waals surface area (Å²) >= 11 is 6.05. The Labute approximate surface area is 145 Å². The highest BCUT2D eigenvalue weighted by Crippen LogP contribution is 2.22. The number of aryl methyl sites for hydroxylation is 1. The maximum Gasteiger partial charge on any atom is 0.166 e. The summed E-state index contributed by atoms with van der Waals surface area (Å²) in [5.74, 6) is 0.903. The fraction of sp³-hybridized carbons (Fsp3) is 0.333. The van der Waals surface area contributed by atoms with E-state index in [1.807, 2.05) is 17.6 Å². The second-order valence-corrected chi connectivity index (χ2v) is 6.41. The van der Waals surface area contributed by atoms with Crippen molar-refractivity contribution in [3.05, 3.63) is 52.9 Å². The van der Waals surface area contributed by atoms with Crippen LogP contribution in [0.1, 0.15) is 11.4 Å². The van der Waals surface area contributed by atoms with Gasteiger partial charge in [-0.3, -0.25) is 9.47 Å². The van der Waals surface area contributed by atoms with Crippen LogP contribution in [0.15, 0.2) is 36.4 Å². The van der Waals surface area contributed by atoms with Crippen LogP contribution >= 0.6 is 11.6 Å². The molecule has 4 rings (SSSR count). The van der Waals surface area contributed by atoms with Crippen LogP contribution in [-0.2, 0) is 11.3 Å². The van der Waals surface area contributed by atoms with Gasteiger partial charge in [-0.25, -0.2) is 9.97 Å². The Kier molecular flexibility index (Phi) is 4.22. The first-order valence-corrected chi connectivity index (χ1v) is 8.49. The smallest absolute Gasteiger partial charge is 0.166 e. The van der Waals surface area contributed by atoms with Crippen LogP contribution in [0.25, 0.3) is 16.9 Å². The minimum absolute atomic E-state index is 0.479. The number of nitrogens with zero attached hydrogens (tertiary/aromatic N) is 4. The lowest BCUT2D eigenvalue weighted by atomic mass is 10.2. The number of hydrogen-bond acceptors (Lipinski definition) is 4. The fourth-order valence-corrected chi connectivity index (χ4v) is 3.27. The molecule has 2 aromatic heterocycles. The molecule has 0 amide bonds. The zero-order chi connectivity index (χ0) is 16.5. The molecule has 0 atom stereocenters. The Hall–Kier alpha value is -1.95. The average Bonchev–Trinajstić information content (AvgIpc) is 2.92. The second-order valence-electron chi connectivity index (χ2n) is 6.03. The minimum Gasteiger partial charge on any atom is -0.379 e. The number of benzene rings is 1. The van der Waals surface area contributed by atoms with Gasteiger partial charge in [-0.05, 0) is 36.8 Å². The van der Waals surface area contributed by atoms with Gasteiger partial charge in [0.2, 0.25) is 0 Å². The Morgan fingerprint density at radius 3 is 2.54 bits per heavy atom. The topological polar surface area (TPSA) is 43.2 Å². The van der Waals surface area contributed by atoms with E-state index in [0.29, 0.717) is 5.15 Å². The van der Waals surface area contributed by atoms with E-state index in [1.165, 1.54) is 5.56 Å². The normalized spacial score (nSPS) is 15.9. The third kappa shape index (κ3) is 3.02. The summed E-state index contributed by atoms with van der Waals surface area (Å²) in [6, 6.07) is 12.2. The fourth-order valence-electron chi connectivity index (χ4n) is 3.12. The molecule has 0 radical (unpaired) electrons. The van der Waals surface area contributed by atoms with Crippen molar-refractivity contribution in [1.82, 2.24) is 19.4 Å². The van der Waals surface area contributed by atoms with Gasteiger partial charge in [0.05, 0.1) is 13.2 Å². The van der Waals surface area contributed by atoms with Crippen molar-refractivity contribution in [3.63, 3.8) is 0 Å².